The molecule has 1 aromatic carbocycles. The lowest BCUT2D eigenvalue weighted by atomic mass is 10.0. The van der Waals surface area contributed by atoms with Gasteiger partial charge in [-0.3, -0.25) is 0 Å². The average Bonchev–Trinajstić information content (AvgIpc) is 2.56. The van der Waals surface area contributed by atoms with E-state index in [0.717, 1.165) is 17.0 Å². The topological polar surface area (TPSA) is 29.7 Å². The summed E-state index contributed by atoms with van der Waals surface area (Å²) in [5.41, 5.74) is 5.90. The second-order valence-electron chi connectivity index (χ2n) is 6.21. The van der Waals surface area contributed by atoms with Crippen LogP contribution in [0.25, 0.3) is 22.4 Å². The Balaban J connectivity index is 1.98. The molecule has 3 nitrogen and oxygen atoms in total. The van der Waals surface area contributed by atoms with Crippen molar-refractivity contribution < 1.29 is 4.57 Å². The van der Waals surface area contributed by atoms with E-state index in [4.69, 9.17) is 0 Å². The Hall–Kier alpha value is -2.55. The van der Waals surface area contributed by atoms with Crippen molar-refractivity contribution in [2.75, 3.05) is 0 Å². The minimum absolute atomic E-state index is 0.351. The molecule has 3 heteroatoms. The fourth-order valence-electron chi connectivity index (χ4n) is 2.70. The van der Waals surface area contributed by atoms with Crippen LogP contribution in [0.4, 0.5) is 0 Å². The molecule has 0 unspecified atom stereocenters. The van der Waals surface area contributed by atoms with Crippen molar-refractivity contribution in [3.8, 4) is 22.4 Å². The van der Waals surface area contributed by atoms with Gasteiger partial charge in [0.15, 0.2) is 6.20 Å². The van der Waals surface area contributed by atoms with Gasteiger partial charge in [0.25, 0.3) is 0 Å². The molecule has 0 aliphatic carbocycles. The summed E-state index contributed by atoms with van der Waals surface area (Å²) >= 11 is 0. The number of hydrogen-bond acceptors (Lipinski definition) is 2. The lowest BCUT2D eigenvalue weighted by Crippen LogP contribution is -2.30. The molecule has 0 amide bonds. The summed E-state index contributed by atoms with van der Waals surface area (Å²) in [7, 11) is 2.08. The maximum absolute atomic E-state index is 4.46. The van der Waals surface area contributed by atoms with Crippen LogP contribution in [0.2, 0.25) is 0 Å². The Bertz CT molecular complexity index is 821. The third-order valence-electron chi connectivity index (χ3n) is 4.08. The van der Waals surface area contributed by atoms with Gasteiger partial charge in [-0.1, -0.05) is 32.0 Å². The zero-order valence-corrected chi connectivity index (χ0v) is 14.1. The second-order valence-corrected chi connectivity index (χ2v) is 6.21. The van der Waals surface area contributed by atoms with Crippen LogP contribution < -0.4 is 4.57 Å². The largest absolute Gasteiger partial charge is 0.240 e. The van der Waals surface area contributed by atoms with E-state index in [1.165, 1.54) is 16.8 Å². The summed E-state index contributed by atoms with van der Waals surface area (Å²) in [5, 5.41) is 0. The highest BCUT2D eigenvalue weighted by molar-refractivity contribution is 5.65. The van der Waals surface area contributed by atoms with Crippen LogP contribution in [0.5, 0.6) is 0 Å². The minimum atomic E-state index is 0.351. The first-order valence-corrected chi connectivity index (χ1v) is 7.94. The van der Waals surface area contributed by atoms with Gasteiger partial charge in [0, 0.05) is 41.1 Å². The van der Waals surface area contributed by atoms with Crippen molar-refractivity contribution in [2.45, 2.75) is 26.7 Å². The normalized spacial score (nSPS) is 11.0. The van der Waals surface area contributed by atoms with Gasteiger partial charge in [-0.15, -0.1) is 0 Å². The Morgan fingerprint density at radius 2 is 1.61 bits per heavy atom. The third-order valence-corrected chi connectivity index (χ3v) is 4.08. The van der Waals surface area contributed by atoms with Gasteiger partial charge < -0.3 is 0 Å². The lowest BCUT2D eigenvalue weighted by molar-refractivity contribution is -0.659. The van der Waals surface area contributed by atoms with Gasteiger partial charge in [0.05, 0.1) is 0 Å². The molecule has 23 heavy (non-hydrogen) atoms. The molecule has 2 heterocycles. The highest BCUT2D eigenvalue weighted by Crippen LogP contribution is 2.23. The maximum Gasteiger partial charge on any atom is 0.212 e. The predicted molar refractivity (Wildman–Crippen MR) is 92.9 cm³/mol. The standard InChI is InChI=1S/C20H22N3/c1-14(2)20-21-11-17(12-22-20)16-9-10-19(23(4)13-16)18-8-6-5-7-15(18)3/h5-14H,1-4H3/q+1. The molecule has 0 aliphatic rings. The molecule has 0 saturated heterocycles. The quantitative estimate of drug-likeness (QED) is 0.683. The van der Waals surface area contributed by atoms with Crippen LogP contribution >= 0.6 is 0 Å². The zero-order chi connectivity index (χ0) is 16.4. The van der Waals surface area contributed by atoms with Crippen LogP contribution in [-0.4, -0.2) is 9.97 Å². The van der Waals surface area contributed by atoms with E-state index in [-0.39, 0.29) is 0 Å². The van der Waals surface area contributed by atoms with Gasteiger partial charge in [-0.2, -0.15) is 0 Å². The maximum atomic E-state index is 4.46. The fraction of sp³-hybridized carbons (Fsp3) is 0.250. The summed E-state index contributed by atoms with van der Waals surface area (Å²) in [4.78, 5) is 8.92. The van der Waals surface area contributed by atoms with Crippen LogP contribution in [-0.2, 0) is 7.05 Å². The number of hydrogen-bond donors (Lipinski definition) is 0. The van der Waals surface area contributed by atoms with E-state index < -0.39 is 0 Å². The van der Waals surface area contributed by atoms with E-state index in [2.05, 4.69) is 84.9 Å². The van der Waals surface area contributed by atoms with E-state index in [0.29, 0.717) is 5.92 Å². The van der Waals surface area contributed by atoms with E-state index in [1.54, 1.807) is 0 Å². The summed E-state index contributed by atoms with van der Waals surface area (Å²) < 4.78 is 2.16. The zero-order valence-electron chi connectivity index (χ0n) is 14.1. The van der Waals surface area contributed by atoms with Gasteiger partial charge in [-0.25, -0.2) is 14.5 Å². The van der Waals surface area contributed by atoms with E-state index in [1.807, 2.05) is 12.4 Å². The average molecular weight is 304 g/mol. The molecule has 0 N–H and O–H groups in total. The second kappa shape index (κ2) is 6.29. The van der Waals surface area contributed by atoms with Crippen molar-refractivity contribution in [3.05, 3.63) is 66.4 Å². The van der Waals surface area contributed by atoms with Crippen molar-refractivity contribution in [3.63, 3.8) is 0 Å². The Morgan fingerprint density at radius 1 is 0.913 bits per heavy atom. The molecule has 0 atom stereocenters. The molecular weight excluding hydrogens is 282 g/mol. The molecule has 3 aromatic rings. The lowest BCUT2D eigenvalue weighted by Gasteiger charge is -2.07. The molecule has 0 aliphatic heterocycles. The monoisotopic (exact) mass is 304 g/mol. The van der Waals surface area contributed by atoms with Gasteiger partial charge in [0.2, 0.25) is 5.69 Å². The molecule has 2 aromatic heterocycles. The third kappa shape index (κ3) is 3.14. The van der Waals surface area contributed by atoms with E-state index in [9.17, 15) is 0 Å². The van der Waals surface area contributed by atoms with Gasteiger partial charge in [-0.05, 0) is 24.6 Å². The summed E-state index contributed by atoms with van der Waals surface area (Å²) in [6, 6.07) is 12.7. The predicted octanol–water partition coefficient (Wildman–Crippen LogP) is 4.07. The molecule has 0 bridgehead atoms. The van der Waals surface area contributed by atoms with Crippen molar-refractivity contribution in [2.24, 2.45) is 7.05 Å². The number of aryl methyl sites for hydroxylation is 2. The van der Waals surface area contributed by atoms with E-state index >= 15 is 0 Å². The minimum Gasteiger partial charge on any atom is -0.240 e. The number of pyridine rings is 1. The van der Waals surface area contributed by atoms with Crippen LogP contribution in [0.1, 0.15) is 31.2 Å². The molecular formula is C20H22N3+. The van der Waals surface area contributed by atoms with Crippen LogP contribution in [0, 0.1) is 6.92 Å². The first-order chi connectivity index (χ1) is 11.1. The van der Waals surface area contributed by atoms with Gasteiger partial charge >= 0.3 is 0 Å². The highest BCUT2D eigenvalue weighted by atomic mass is 14.9. The molecule has 3 rings (SSSR count). The summed E-state index contributed by atoms with van der Waals surface area (Å²) in [5.74, 6) is 1.23. The summed E-state index contributed by atoms with van der Waals surface area (Å²) in [6.07, 6.45) is 5.95. The Labute approximate surface area is 137 Å². The molecule has 0 spiro atoms. The molecule has 0 saturated carbocycles. The number of benzene rings is 1. The van der Waals surface area contributed by atoms with Crippen molar-refractivity contribution >= 4 is 0 Å². The fourth-order valence-corrected chi connectivity index (χ4v) is 2.70. The van der Waals surface area contributed by atoms with Crippen LogP contribution in [0.15, 0.2) is 55.0 Å². The molecule has 0 fully saturated rings. The van der Waals surface area contributed by atoms with Crippen LogP contribution in [0.3, 0.4) is 0 Å². The smallest absolute Gasteiger partial charge is 0.212 e. The first-order valence-electron chi connectivity index (χ1n) is 7.94. The molecule has 116 valence electrons. The number of rotatable bonds is 3. The van der Waals surface area contributed by atoms with Crippen molar-refractivity contribution in [1.29, 1.82) is 0 Å². The molecule has 0 radical (unpaired) electrons. The SMILES string of the molecule is Cc1ccccc1-c1ccc(-c2cnc(C(C)C)nc2)c[n+]1C. The highest BCUT2D eigenvalue weighted by Gasteiger charge is 2.14. The Kier molecular flexibility index (Phi) is 4.20. The first kappa shape index (κ1) is 15.3. The summed E-state index contributed by atoms with van der Waals surface area (Å²) in [6.45, 7) is 6.35. The van der Waals surface area contributed by atoms with Gasteiger partial charge in [0.1, 0.15) is 12.9 Å². The van der Waals surface area contributed by atoms with Crippen molar-refractivity contribution in [1.82, 2.24) is 9.97 Å². The number of aromatic nitrogens is 3. The Morgan fingerprint density at radius 3 is 2.22 bits per heavy atom. The number of nitrogens with zero attached hydrogens (tertiary/aromatic N) is 3.